The van der Waals surface area contributed by atoms with Crippen molar-refractivity contribution in [2.24, 2.45) is 0 Å². The Balaban J connectivity index is 1.74. The number of nitrogens with one attached hydrogen (secondary N) is 1. The summed E-state index contributed by atoms with van der Waals surface area (Å²) in [6, 6.07) is 13.3. The molecule has 0 spiro atoms. The van der Waals surface area contributed by atoms with Crippen LogP contribution in [-0.2, 0) is 9.59 Å². The quantitative estimate of drug-likeness (QED) is 0.804. The van der Waals surface area contributed by atoms with Gasteiger partial charge in [-0.1, -0.05) is 42.5 Å². The molecule has 0 bridgehead atoms. The van der Waals surface area contributed by atoms with Crippen LogP contribution >= 0.6 is 11.8 Å². The van der Waals surface area contributed by atoms with Gasteiger partial charge in [0.05, 0.1) is 4.91 Å². The molecule has 0 radical (unpaired) electrons. The summed E-state index contributed by atoms with van der Waals surface area (Å²) in [5.74, 6) is -0.836. The first-order valence-electron chi connectivity index (χ1n) is 8.54. The highest BCUT2D eigenvalue weighted by Crippen LogP contribution is 2.32. The topological polar surface area (TPSA) is 66.5 Å². The minimum absolute atomic E-state index is 0.302. The summed E-state index contributed by atoms with van der Waals surface area (Å²) in [7, 11) is 0. The van der Waals surface area contributed by atoms with E-state index in [-0.39, 0.29) is 6.54 Å². The van der Waals surface area contributed by atoms with E-state index in [0.717, 1.165) is 38.9 Å². The number of imide groups is 1. The molecule has 6 heteroatoms. The number of thioether (sulfide) groups is 1. The number of nitrogens with zero attached hydrogens (tertiary/aromatic N) is 1. The van der Waals surface area contributed by atoms with Gasteiger partial charge >= 0.3 is 0 Å². The van der Waals surface area contributed by atoms with Gasteiger partial charge in [0.15, 0.2) is 0 Å². The molecule has 0 saturated carbocycles. The molecule has 1 aliphatic heterocycles. The molecule has 0 aliphatic carbocycles. The fourth-order valence-corrected chi connectivity index (χ4v) is 3.69. The number of benzene rings is 2. The Morgan fingerprint density at radius 1 is 1.00 bits per heavy atom. The Bertz CT molecular complexity index is 945. The van der Waals surface area contributed by atoms with Crippen LogP contribution in [0.25, 0.3) is 6.08 Å². The lowest BCUT2D eigenvalue weighted by Crippen LogP contribution is -2.36. The molecule has 1 N–H and O–H groups in total. The number of carbonyl (C=O) groups is 3. The van der Waals surface area contributed by atoms with Gasteiger partial charge in [0.2, 0.25) is 5.91 Å². The van der Waals surface area contributed by atoms with Crippen molar-refractivity contribution < 1.29 is 14.4 Å². The van der Waals surface area contributed by atoms with E-state index in [4.69, 9.17) is 0 Å². The second-order valence-electron chi connectivity index (χ2n) is 6.44. The summed E-state index contributed by atoms with van der Waals surface area (Å²) in [6.45, 7) is 5.43. The van der Waals surface area contributed by atoms with Gasteiger partial charge in [-0.05, 0) is 60.9 Å². The Morgan fingerprint density at radius 2 is 1.63 bits per heavy atom. The maximum absolute atomic E-state index is 12.6. The SMILES string of the molecule is Cc1ccccc1/C=C1/SC(=O)N(CC(=O)Nc2c(C)cccc2C)C1=O. The van der Waals surface area contributed by atoms with Crippen molar-refractivity contribution in [1.82, 2.24) is 4.90 Å². The van der Waals surface area contributed by atoms with Crippen LogP contribution in [0.4, 0.5) is 10.5 Å². The third-order valence-electron chi connectivity index (χ3n) is 4.40. The number of carbonyl (C=O) groups excluding carboxylic acids is 3. The summed E-state index contributed by atoms with van der Waals surface area (Å²) >= 11 is 0.858. The molecule has 5 nitrogen and oxygen atoms in total. The molecule has 3 rings (SSSR count). The second-order valence-corrected chi connectivity index (χ2v) is 7.43. The third kappa shape index (κ3) is 4.11. The molecule has 1 saturated heterocycles. The van der Waals surface area contributed by atoms with E-state index < -0.39 is 17.1 Å². The number of amides is 3. The Hall–Kier alpha value is -2.86. The number of rotatable bonds is 4. The summed E-state index contributed by atoms with van der Waals surface area (Å²) in [5.41, 5.74) is 4.46. The smallest absolute Gasteiger partial charge is 0.294 e. The highest BCUT2D eigenvalue weighted by Gasteiger charge is 2.36. The normalized spacial score (nSPS) is 15.5. The van der Waals surface area contributed by atoms with E-state index >= 15 is 0 Å². The zero-order chi connectivity index (χ0) is 19.6. The minimum atomic E-state index is -0.440. The second kappa shape index (κ2) is 7.80. The predicted octanol–water partition coefficient (Wildman–Crippen LogP) is 4.29. The van der Waals surface area contributed by atoms with Crippen molar-refractivity contribution in [2.45, 2.75) is 20.8 Å². The monoisotopic (exact) mass is 380 g/mol. The first-order chi connectivity index (χ1) is 12.9. The van der Waals surface area contributed by atoms with Crippen LogP contribution in [0.3, 0.4) is 0 Å². The zero-order valence-electron chi connectivity index (χ0n) is 15.4. The Morgan fingerprint density at radius 3 is 2.30 bits per heavy atom. The van der Waals surface area contributed by atoms with Gasteiger partial charge in [0, 0.05) is 5.69 Å². The predicted molar refractivity (Wildman–Crippen MR) is 108 cm³/mol. The molecular formula is C21H20N2O3S. The van der Waals surface area contributed by atoms with Crippen molar-refractivity contribution >= 4 is 40.6 Å². The molecular weight excluding hydrogens is 360 g/mol. The summed E-state index contributed by atoms with van der Waals surface area (Å²) in [4.78, 5) is 38.5. The van der Waals surface area contributed by atoms with Gasteiger partial charge in [-0.2, -0.15) is 0 Å². The Kier molecular flexibility index (Phi) is 5.46. The Labute approximate surface area is 162 Å². The van der Waals surface area contributed by atoms with Crippen molar-refractivity contribution in [2.75, 3.05) is 11.9 Å². The van der Waals surface area contributed by atoms with Crippen molar-refractivity contribution in [3.8, 4) is 0 Å². The van der Waals surface area contributed by atoms with Crippen LogP contribution in [0.5, 0.6) is 0 Å². The number of hydrogen-bond donors (Lipinski definition) is 1. The fraction of sp³-hybridized carbons (Fsp3) is 0.190. The molecule has 1 aliphatic rings. The molecule has 0 atom stereocenters. The molecule has 138 valence electrons. The fourth-order valence-electron chi connectivity index (χ4n) is 2.86. The van der Waals surface area contributed by atoms with Gasteiger partial charge in [0.1, 0.15) is 6.54 Å². The third-order valence-corrected chi connectivity index (χ3v) is 5.30. The minimum Gasteiger partial charge on any atom is -0.324 e. The van der Waals surface area contributed by atoms with Crippen molar-refractivity contribution in [1.29, 1.82) is 0 Å². The van der Waals surface area contributed by atoms with Gasteiger partial charge in [-0.25, -0.2) is 0 Å². The highest BCUT2D eigenvalue weighted by atomic mass is 32.2. The number of hydrogen-bond acceptors (Lipinski definition) is 4. The molecule has 1 fully saturated rings. The van der Waals surface area contributed by atoms with Crippen LogP contribution in [-0.4, -0.2) is 28.5 Å². The molecule has 2 aromatic rings. The van der Waals surface area contributed by atoms with Gasteiger partial charge in [0.25, 0.3) is 11.1 Å². The van der Waals surface area contributed by atoms with Crippen LogP contribution in [0.1, 0.15) is 22.3 Å². The largest absolute Gasteiger partial charge is 0.324 e. The molecule has 3 amide bonds. The van der Waals surface area contributed by atoms with E-state index in [1.54, 1.807) is 6.08 Å². The standard InChI is InChI=1S/C21H20N2O3S/c1-13-7-4-5-10-16(13)11-17-20(25)23(21(26)27-17)12-18(24)22-19-14(2)8-6-9-15(19)3/h4-11H,12H2,1-3H3,(H,22,24)/b17-11+. The van der Waals surface area contributed by atoms with Gasteiger partial charge in [-0.15, -0.1) is 0 Å². The first-order valence-corrected chi connectivity index (χ1v) is 9.35. The summed E-state index contributed by atoms with van der Waals surface area (Å²) < 4.78 is 0. The molecule has 2 aromatic carbocycles. The van der Waals surface area contributed by atoms with Gasteiger partial charge in [-0.3, -0.25) is 19.3 Å². The highest BCUT2D eigenvalue weighted by molar-refractivity contribution is 8.18. The van der Waals surface area contributed by atoms with Crippen LogP contribution in [0, 0.1) is 20.8 Å². The lowest BCUT2D eigenvalue weighted by Gasteiger charge is -2.15. The van der Waals surface area contributed by atoms with Crippen LogP contribution < -0.4 is 5.32 Å². The van der Waals surface area contributed by atoms with E-state index in [1.165, 1.54) is 0 Å². The summed E-state index contributed by atoms with van der Waals surface area (Å²) in [5, 5.41) is 2.37. The maximum Gasteiger partial charge on any atom is 0.294 e. The van der Waals surface area contributed by atoms with Gasteiger partial charge < -0.3 is 5.32 Å². The number of aryl methyl sites for hydroxylation is 3. The lowest BCUT2D eigenvalue weighted by molar-refractivity contribution is -0.127. The molecule has 0 aromatic heterocycles. The number of para-hydroxylation sites is 1. The van der Waals surface area contributed by atoms with Crippen LogP contribution in [0.2, 0.25) is 0 Å². The maximum atomic E-state index is 12.6. The number of anilines is 1. The average Bonchev–Trinajstić information content (AvgIpc) is 2.88. The van der Waals surface area contributed by atoms with E-state index in [0.29, 0.717) is 10.6 Å². The first kappa shape index (κ1) is 18.9. The molecule has 1 heterocycles. The molecule has 0 unspecified atom stereocenters. The van der Waals surface area contributed by atoms with E-state index in [1.807, 2.05) is 63.2 Å². The zero-order valence-corrected chi connectivity index (χ0v) is 16.2. The van der Waals surface area contributed by atoms with Crippen molar-refractivity contribution in [3.63, 3.8) is 0 Å². The van der Waals surface area contributed by atoms with Crippen LogP contribution in [0.15, 0.2) is 47.4 Å². The molecule has 27 heavy (non-hydrogen) atoms. The lowest BCUT2D eigenvalue weighted by atomic mass is 10.1. The van der Waals surface area contributed by atoms with Crippen molar-refractivity contribution in [3.05, 3.63) is 69.6 Å². The summed E-state index contributed by atoms with van der Waals surface area (Å²) in [6.07, 6.45) is 1.70. The van der Waals surface area contributed by atoms with E-state index in [2.05, 4.69) is 5.32 Å². The van der Waals surface area contributed by atoms with E-state index in [9.17, 15) is 14.4 Å². The average molecular weight is 380 g/mol.